The van der Waals surface area contributed by atoms with Gasteiger partial charge in [0.15, 0.2) is 5.82 Å². The summed E-state index contributed by atoms with van der Waals surface area (Å²) in [5.74, 6) is 1.36. The van der Waals surface area contributed by atoms with Crippen LogP contribution in [0.4, 0.5) is 10.5 Å². The third kappa shape index (κ3) is 3.42. The summed E-state index contributed by atoms with van der Waals surface area (Å²) in [6.07, 6.45) is 5.40. The second kappa shape index (κ2) is 7.03. The number of anilines is 1. The van der Waals surface area contributed by atoms with Gasteiger partial charge in [-0.15, -0.1) is 10.2 Å². The minimum absolute atomic E-state index is 0.169. The molecule has 2 aromatic rings. The lowest BCUT2D eigenvalue weighted by Gasteiger charge is -2.31. The van der Waals surface area contributed by atoms with Crippen LogP contribution < -0.4 is 10.6 Å². The van der Waals surface area contributed by atoms with E-state index in [2.05, 4.69) is 41.6 Å². The van der Waals surface area contributed by atoms with Crippen molar-refractivity contribution < 1.29 is 4.79 Å². The average molecular weight is 327 g/mol. The van der Waals surface area contributed by atoms with Crippen LogP contribution >= 0.6 is 0 Å². The first-order valence-electron chi connectivity index (χ1n) is 8.62. The van der Waals surface area contributed by atoms with E-state index in [1.165, 1.54) is 19.3 Å². The largest absolute Gasteiger partial charge is 0.335 e. The van der Waals surface area contributed by atoms with Gasteiger partial charge >= 0.3 is 6.03 Å². The van der Waals surface area contributed by atoms with E-state index in [-0.39, 0.29) is 18.1 Å². The third-order valence-electron chi connectivity index (χ3n) is 4.76. The van der Waals surface area contributed by atoms with E-state index in [1.54, 1.807) is 6.33 Å². The topological polar surface area (TPSA) is 71.8 Å². The molecule has 0 radical (unpaired) electrons. The van der Waals surface area contributed by atoms with Gasteiger partial charge in [-0.3, -0.25) is 0 Å². The molecule has 1 aromatic carbocycles. The lowest BCUT2D eigenvalue weighted by molar-refractivity contribution is 0.222. The molecule has 0 saturated heterocycles. The van der Waals surface area contributed by atoms with E-state index in [4.69, 9.17) is 0 Å². The van der Waals surface area contributed by atoms with Gasteiger partial charge in [0.1, 0.15) is 6.33 Å². The van der Waals surface area contributed by atoms with Crippen molar-refractivity contribution in [1.29, 1.82) is 0 Å². The predicted octanol–water partition coefficient (Wildman–Crippen LogP) is 3.84. The molecule has 1 unspecified atom stereocenters. The zero-order chi connectivity index (χ0) is 17.1. The molecule has 6 heteroatoms. The minimum Gasteiger partial charge on any atom is -0.335 e. The van der Waals surface area contributed by atoms with Crippen molar-refractivity contribution in [2.75, 3.05) is 5.32 Å². The van der Waals surface area contributed by atoms with Crippen LogP contribution in [0.15, 0.2) is 30.6 Å². The summed E-state index contributed by atoms with van der Waals surface area (Å²) in [6.45, 7) is 6.23. The van der Waals surface area contributed by atoms with Gasteiger partial charge in [0.05, 0.1) is 5.69 Å². The highest BCUT2D eigenvalue weighted by molar-refractivity contribution is 5.93. The Labute approximate surface area is 142 Å². The number of rotatable bonds is 5. The predicted molar refractivity (Wildman–Crippen MR) is 94.8 cm³/mol. The number of para-hydroxylation sites is 1. The maximum atomic E-state index is 12.3. The van der Waals surface area contributed by atoms with E-state index in [9.17, 15) is 4.79 Å². The molecule has 2 N–H and O–H groups in total. The molecule has 2 amide bonds. The molecule has 1 atom stereocenters. The zero-order valence-electron chi connectivity index (χ0n) is 14.5. The first-order valence-corrected chi connectivity index (χ1v) is 8.62. The minimum atomic E-state index is -0.169. The molecule has 1 heterocycles. The number of nitrogens with one attached hydrogen (secondary N) is 2. The Balaban J connectivity index is 1.76. The summed E-state index contributed by atoms with van der Waals surface area (Å²) in [4.78, 5) is 12.3. The van der Waals surface area contributed by atoms with Gasteiger partial charge in [0.2, 0.25) is 0 Å². The fraction of sp³-hybridized carbons (Fsp3) is 0.500. The molecule has 0 bridgehead atoms. The highest BCUT2D eigenvalue weighted by atomic mass is 16.2. The Morgan fingerprint density at radius 2 is 2.00 bits per heavy atom. The fourth-order valence-corrected chi connectivity index (χ4v) is 3.02. The second-order valence-electron chi connectivity index (χ2n) is 6.78. The Morgan fingerprint density at radius 1 is 1.25 bits per heavy atom. The number of hydrogen-bond acceptors (Lipinski definition) is 3. The molecular formula is C18H25N5O. The SMILES string of the molecule is CC(NC(=O)Nc1ccccc1-c1nncn1C(C)C)C1CCC1. The number of carbonyl (C=O) groups excluding carboxylic acids is 1. The maximum absolute atomic E-state index is 12.3. The molecular weight excluding hydrogens is 302 g/mol. The third-order valence-corrected chi connectivity index (χ3v) is 4.76. The molecule has 1 aliphatic carbocycles. The van der Waals surface area contributed by atoms with Gasteiger partial charge in [-0.05, 0) is 51.7 Å². The number of urea groups is 1. The van der Waals surface area contributed by atoms with Crippen molar-refractivity contribution in [1.82, 2.24) is 20.1 Å². The number of hydrogen-bond donors (Lipinski definition) is 2. The van der Waals surface area contributed by atoms with Crippen LogP contribution in [0, 0.1) is 5.92 Å². The van der Waals surface area contributed by atoms with E-state index in [1.807, 2.05) is 28.8 Å². The van der Waals surface area contributed by atoms with Gasteiger partial charge in [0, 0.05) is 17.6 Å². The first-order chi connectivity index (χ1) is 11.6. The van der Waals surface area contributed by atoms with E-state index < -0.39 is 0 Å². The Bertz CT molecular complexity index is 705. The highest BCUT2D eigenvalue weighted by Crippen LogP contribution is 2.30. The number of nitrogens with zero attached hydrogens (tertiary/aromatic N) is 3. The van der Waals surface area contributed by atoms with E-state index in [0.29, 0.717) is 5.92 Å². The second-order valence-corrected chi connectivity index (χ2v) is 6.78. The molecule has 1 aliphatic rings. The molecule has 1 saturated carbocycles. The monoisotopic (exact) mass is 327 g/mol. The van der Waals surface area contributed by atoms with Crippen molar-refractivity contribution in [3.63, 3.8) is 0 Å². The molecule has 0 spiro atoms. The number of amides is 2. The normalized spacial score (nSPS) is 15.8. The quantitative estimate of drug-likeness (QED) is 0.876. The number of benzene rings is 1. The zero-order valence-corrected chi connectivity index (χ0v) is 14.5. The molecule has 1 fully saturated rings. The molecule has 24 heavy (non-hydrogen) atoms. The highest BCUT2D eigenvalue weighted by Gasteiger charge is 2.25. The van der Waals surface area contributed by atoms with Crippen molar-refractivity contribution in [3.8, 4) is 11.4 Å². The molecule has 0 aliphatic heterocycles. The van der Waals surface area contributed by atoms with Crippen LogP contribution in [0.5, 0.6) is 0 Å². The van der Waals surface area contributed by atoms with Gasteiger partial charge in [-0.2, -0.15) is 0 Å². The Kier molecular flexibility index (Phi) is 4.83. The number of aromatic nitrogens is 3. The average Bonchev–Trinajstić information content (AvgIpc) is 2.95. The van der Waals surface area contributed by atoms with Crippen LogP contribution in [-0.2, 0) is 0 Å². The lowest BCUT2D eigenvalue weighted by Crippen LogP contribution is -2.42. The van der Waals surface area contributed by atoms with E-state index in [0.717, 1.165) is 17.1 Å². The van der Waals surface area contributed by atoms with Crippen molar-refractivity contribution in [2.24, 2.45) is 5.92 Å². The van der Waals surface area contributed by atoms with Crippen molar-refractivity contribution in [3.05, 3.63) is 30.6 Å². The van der Waals surface area contributed by atoms with Gasteiger partial charge < -0.3 is 15.2 Å². The first kappa shape index (κ1) is 16.5. The van der Waals surface area contributed by atoms with Crippen molar-refractivity contribution >= 4 is 11.7 Å². The Morgan fingerprint density at radius 3 is 2.67 bits per heavy atom. The molecule has 6 nitrogen and oxygen atoms in total. The molecule has 1 aromatic heterocycles. The summed E-state index contributed by atoms with van der Waals surface area (Å²) in [7, 11) is 0. The molecule has 128 valence electrons. The van der Waals surface area contributed by atoms with Gasteiger partial charge in [-0.1, -0.05) is 18.6 Å². The van der Waals surface area contributed by atoms with Crippen molar-refractivity contribution in [2.45, 2.75) is 52.1 Å². The van der Waals surface area contributed by atoms with Crippen LogP contribution in [0.1, 0.15) is 46.1 Å². The maximum Gasteiger partial charge on any atom is 0.319 e. The summed E-state index contributed by atoms with van der Waals surface area (Å²) in [5.41, 5.74) is 1.61. The lowest BCUT2D eigenvalue weighted by atomic mass is 9.80. The van der Waals surface area contributed by atoms with Crippen LogP contribution in [0.3, 0.4) is 0 Å². The van der Waals surface area contributed by atoms with Crippen LogP contribution in [-0.4, -0.2) is 26.8 Å². The van der Waals surface area contributed by atoms with Gasteiger partial charge in [-0.25, -0.2) is 4.79 Å². The summed E-state index contributed by atoms with van der Waals surface area (Å²) < 4.78 is 2.00. The summed E-state index contributed by atoms with van der Waals surface area (Å²) in [6, 6.07) is 7.97. The van der Waals surface area contributed by atoms with Crippen LogP contribution in [0.2, 0.25) is 0 Å². The summed E-state index contributed by atoms with van der Waals surface area (Å²) in [5, 5.41) is 14.3. The standard InChI is InChI=1S/C18H25N5O/c1-12(2)23-11-19-22-17(23)15-9-4-5-10-16(15)21-18(24)20-13(3)14-7-6-8-14/h4-5,9-14H,6-8H2,1-3H3,(H2,20,21,24). The van der Waals surface area contributed by atoms with E-state index >= 15 is 0 Å². The Hall–Kier alpha value is -2.37. The van der Waals surface area contributed by atoms with Gasteiger partial charge in [0.25, 0.3) is 0 Å². The molecule has 3 rings (SSSR count). The smallest absolute Gasteiger partial charge is 0.319 e. The number of carbonyl (C=O) groups is 1. The summed E-state index contributed by atoms with van der Waals surface area (Å²) >= 11 is 0. The fourth-order valence-electron chi connectivity index (χ4n) is 3.02. The van der Waals surface area contributed by atoms with Crippen LogP contribution in [0.25, 0.3) is 11.4 Å².